The van der Waals surface area contributed by atoms with E-state index in [1.54, 1.807) is 32.0 Å². The van der Waals surface area contributed by atoms with Crippen molar-refractivity contribution >= 4 is 35.1 Å². The molecule has 2 rings (SSSR count). The minimum absolute atomic E-state index is 0.00319. The minimum Gasteiger partial charge on any atom is -0.493 e. The fraction of sp³-hybridized carbons (Fsp3) is 0.333. The number of amides is 1. The first-order valence-corrected chi connectivity index (χ1v) is 9.26. The number of carbonyl (C=O) groups is 2. The Balaban J connectivity index is 2.04. The zero-order chi connectivity index (χ0) is 20.7. The highest BCUT2D eigenvalue weighted by Gasteiger charge is 2.19. The second kappa shape index (κ2) is 9.79. The molecule has 0 bridgehead atoms. The van der Waals surface area contributed by atoms with Crippen molar-refractivity contribution in [1.82, 2.24) is 9.97 Å². The van der Waals surface area contributed by atoms with Crippen molar-refractivity contribution in [3.8, 4) is 11.5 Å². The van der Waals surface area contributed by atoms with E-state index in [9.17, 15) is 9.59 Å². The number of rotatable bonds is 8. The Hall–Kier alpha value is -3.01. The van der Waals surface area contributed by atoms with Gasteiger partial charge in [-0.2, -0.15) is 0 Å². The van der Waals surface area contributed by atoms with Crippen LogP contribution in [0.2, 0.25) is 0 Å². The molecule has 0 aliphatic carbocycles. The third-order valence-electron chi connectivity index (χ3n) is 3.59. The predicted molar refractivity (Wildman–Crippen MR) is 106 cm³/mol. The van der Waals surface area contributed by atoms with Crippen molar-refractivity contribution in [2.24, 2.45) is 0 Å². The number of aromatic nitrogens is 2. The first-order valence-electron chi connectivity index (χ1n) is 8.38. The molecule has 0 saturated heterocycles. The normalized spacial score (nSPS) is 11.4. The van der Waals surface area contributed by atoms with Crippen LogP contribution in [0.15, 0.2) is 29.6 Å². The lowest BCUT2D eigenvalue weighted by molar-refractivity contribution is -0.115. The van der Waals surface area contributed by atoms with Crippen molar-refractivity contribution in [2.45, 2.75) is 24.3 Å². The summed E-state index contributed by atoms with van der Waals surface area (Å²) in [5.41, 5.74) is 6.45. The lowest BCUT2D eigenvalue weighted by atomic mass is 10.2. The molecule has 1 heterocycles. The summed E-state index contributed by atoms with van der Waals surface area (Å²) in [7, 11) is 3.05. The van der Waals surface area contributed by atoms with Crippen LogP contribution in [0.3, 0.4) is 0 Å². The minimum atomic E-state index is -0.587. The van der Waals surface area contributed by atoms with Gasteiger partial charge in [-0.3, -0.25) is 4.79 Å². The standard InChI is InChI=1S/C18H22N4O5S/c1-5-27-17(24)12-9-20-18(22-15(12)19)28-10(2)16(23)21-11-6-7-13(25-3)14(8-11)26-4/h6-10H,5H2,1-4H3,(H,21,23)(H2,19,20,22). The Morgan fingerprint density at radius 3 is 2.57 bits per heavy atom. The number of methoxy groups -OCH3 is 2. The van der Waals surface area contributed by atoms with Gasteiger partial charge in [0.15, 0.2) is 16.7 Å². The fourth-order valence-corrected chi connectivity index (χ4v) is 2.92. The van der Waals surface area contributed by atoms with E-state index in [1.807, 2.05) is 0 Å². The molecule has 0 aliphatic heterocycles. The number of hydrogen-bond donors (Lipinski definition) is 2. The van der Waals surface area contributed by atoms with Crippen molar-refractivity contribution < 1.29 is 23.8 Å². The Bertz CT molecular complexity index is 862. The smallest absolute Gasteiger partial charge is 0.343 e. The van der Waals surface area contributed by atoms with Gasteiger partial charge in [-0.15, -0.1) is 0 Å². The van der Waals surface area contributed by atoms with E-state index in [0.717, 1.165) is 11.8 Å². The molecule has 0 aliphatic rings. The summed E-state index contributed by atoms with van der Waals surface area (Å²) < 4.78 is 15.3. The lowest BCUT2D eigenvalue weighted by Gasteiger charge is -2.13. The molecule has 150 valence electrons. The zero-order valence-electron chi connectivity index (χ0n) is 16.0. The Labute approximate surface area is 167 Å². The summed E-state index contributed by atoms with van der Waals surface area (Å²) in [4.78, 5) is 32.3. The molecule has 1 aromatic heterocycles. The predicted octanol–water partition coefficient (Wildman–Crippen LogP) is 2.37. The number of esters is 1. The van der Waals surface area contributed by atoms with Gasteiger partial charge in [-0.25, -0.2) is 14.8 Å². The highest BCUT2D eigenvalue weighted by Crippen LogP contribution is 2.30. The highest BCUT2D eigenvalue weighted by molar-refractivity contribution is 8.00. The van der Waals surface area contributed by atoms with E-state index in [2.05, 4.69) is 15.3 Å². The van der Waals surface area contributed by atoms with Crippen LogP contribution in [-0.4, -0.2) is 47.9 Å². The summed E-state index contributed by atoms with van der Waals surface area (Å²) in [5.74, 6) is 0.229. The molecule has 1 unspecified atom stereocenters. The maximum absolute atomic E-state index is 12.5. The Kier molecular flexibility index (Phi) is 7.44. The quantitative estimate of drug-likeness (QED) is 0.386. The van der Waals surface area contributed by atoms with E-state index in [-0.39, 0.29) is 29.1 Å². The maximum Gasteiger partial charge on any atom is 0.343 e. The topological polar surface area (TPSA) is 126 Å². The first kappa shape index (κ1) is 21.3. The molecule has 0 saturated carbocycles. The Morgan fingerprint density at radius 2 is 1.96 bits per heavy atom. The average molecular weight is 406 g/mol. The molecule has 1 atom stereocenters. The number of thioether (sulfide) groups is 1. The van der Waals surface area contributed by atoms with Crippen LogP contribution in [-0.2, 0) is 9.53 Å². The van der Waals surface area contributed by atoms with Gasteiger partial charge in [0.1, 0.15) is 11.4 Å². The maximum atomic E-state index is 12.5. The number of ether oxygens (including phenoxy) is 3. The number of nitrogen functional groups attached to an aromatic ring is 1. The summed E-state index contributed by atoms with van der Waals surface area (Å²) in [6.45, 7) is 3.62. The molecule has 1 amide bonds. The monoisotopic (exact) mass is 406 g/mol. The average Bonchev–Trinajstić information content (AvgIpc) is 2.67. The fourth-order valence-electron chi connectivity index (χ4n) is 2.17. The van der Waals surface area contributed by atoms with Crippen molar-refractivity contribution in [3.63, 3.8) is 0 Å². The lowest BCUT2D eigenvalue weighted by Crippen LogP contribution is -2.23. The van der Waals surface area contributed by atoms with E-state index in [4.69, 9.17) is 19.9 Å². The third-order valence-corrected chi connectivity index (χ3v) is 4.57. The molecule has 10 heteroatoms. The molecule has 1 aromatic carbocycles. The van der Waals surface area contributed by atoms with E-state index in [1.165, 1.54) is 20.4 Å². The largest absolute Gasteiger partial charge is 0.493 e. The van der Waals surface area contributed by atoms with Gasteiger partial charge in [0.05, 0.1) is 26.1 Å². The van der Waals surface area contributed by atoms with Crippen LogP contribution < -0.4 is 20.5 Å². The van der Waals surface area contributed by atoms with Crippen LogP contribution in [0.25, 0.3) is 0 Å². The number of anilines is 2. The van der Waals surface area contributed by atoms with Gasteiger partial charge in [-0.05, 0) is 26.0 Å². The summed E-state index contributed by atoms with van der Waals surface area (Å²) in [6.07, 6.45) is 1.29. The van der Waals surface area contributed by atoms with Gasteiger partial charge >= 0.3 is 5.97 Å². The van der Waals surface area contributed by atoms with E-state index < -0.39 is 11.2 Å². The molecule has 0 fully saturated rings. The van der Waals surface area contributed by atoms with Crippen molar-refractivity contribution in [3.05, 3.63) is 30.0 Å². The van der Waals surface area contributed by atoms with Crippen LogP contribution in [0, 0.1) is 0 Å². The number of nitrogens with one attached hydrogen (secondary N) is 1. The van der Waals surface area contributed by atoms with Gasteiger partial charge < -0.3 is 25.3 Å². The molecule has 28 heavy (non-hydrogen) atoms. The van der Waals surface area contributed by atoms with Crippen molar-refractivity contribution in [1.29, 1.82) is 0 Å². The molecule has 0 radical (unpaired) electrons. The molecular weight excluding hydrogens is 384 g/mol. The number of hydrogen-bond acceptors (Lipinski definition) is 9. The number of nitrogens with zero attached hydrogens (tertiary/aromatic N) is 2. The van der Waals surface area contributed by atoms with Crippen LogP contribution in [0.5, 0.6) is 11.5 Å². The highest BCUT2D eigenvalue weighted by atomic mass is 32.2. The van der Waals surface area contributed by atoms with Gasteiger partial charge in [0.25, 0.3) is 0 Å². The molecule has 3 N–H and O–H groups in total. The third kappa shape index (κ3) is 5.26. The number of carbonyl (C=O) groups excluding carboxylic acids is 2. The first-order chi connectivity index (χ1) is 13.4. The molecule has 9 nitrogen and oxygen atoms in total. The number of nitrogens with two attached hydrogens (primary N) is 1. The second-order valence-corrected chi connectivity index (χ2v) is 6.80. The summed E-state index contributed by atoms with van der Waals surface area (Å²) in [5, 5.41) is 2.56. The van der Waals surface area contributed by atoms with E-state index >= 15 is 0 Å². The Morgan fingerprint density at radius 1 is 1.25 bits per heavy atom. The van der Waals surface area contributed by atoms with Gasteiger partial charge in [0, 0.05) is 18.0 Å². The second-order valence-electron chi connectivity index (χ2n) is 5.49. The van der Waals surface area contributed by atoms with Crippen LogP contribution in [0.1, 0.15) is 24.2 Å². The van der Waals surface area contributed by atoms with Gasteiger partial charge in [0.2, 0.25) is 5.91 Å². The summed E-state index contributed by atoms with van der Waals surface area (Å²) >= 11 is 1.11. The SMILES string of the molecule is CCOC(=O)c1cnc(SC(C)C(=O)Nc2ccc(OC)c(OC)c2)nc1N. The molecular formula is C18H22N4O5S. The zero-order valence-corrected chi connectivity index (χ0v) is 16.8. The summed E-state index contributed by atoms with van der Waals surface area (Å²) in [6, 6.07) is 5.07. The molecule has 0 spiro atoms. The van der Waals surface area contributed by atoms with Crippen LogP contribution in [0.4, 0.5) is 11.5 Å². The van der Waals surface area contributed by atoms with Crippen LogP contribution >= 0.6 is 11.8 Å². The van der Waals surface area contributed by atoms with Gasteiger partial charge in [-0.1, -0.05) is 11.8 Å². The number of benzene rings is 1. The molecule has 2 aromatic rings. The van der Waals surface area contributed by atoms with Crippen molar-refractivity contribution in [2.75, 3.05) is 31.9 Å². The van der Waals surface area contributed by atoms with E-state index in [0.29, 0.717) is 17.2 Å².